The summed E-state index contributed by atoms with van der Waals surface area (Å²) in [6.07, 6.45) is 6.15. The lowest BCUT2D eigenvalue weighted by Gasteiger charge is -2.23. The molecule has 0 aromatic carbocycles. The van der Waals surface area contributed by atoms with E-state index in [2.05, 4.69) is 10.4 Å². The molecule has 6 nitrogen and oxygen atoms in total. The number of nitrogens with zero attached hydrogens (tertiary/aromatic N) is 2. The number of rotatable bonds is 4. The summed E-state index contributed by atoms with van der Waals surface area (Å²) in [7, 11) is 0. The van der Waals surface area contributed by atoms with Gasteiger partial charge >= 0.3 is 0 Å². The minimum atomic E-state index is -0.272. The van der Waals surface area contributed by atoms with E-state index >= 15 is 0 Å². The predicted molar refractivity (Wildman–Crippen MR) is 81.7 cm³/mol. The minimum Gasteiger partial charge on any atom is -0.393 e. The number of aliphatic hydroxyl groups is 1. The van der Waals surface area contributed by atoms with Crippen LogP contribution in [-0.4, -0.2) is 46.7 Å². The Bertz CT molecular complexity index is 523. The van der Waals surface area contributed by atoms with Gasteiger partial charge in [0.05, 0.1) is 23.9 Å². The number of hydrogen-bond donors (Lipinski definition) is 2. The molecule has 0 spiro atoms. The van der Waals surface area contributed by atoms with Gasteiger partial charge in [0.1, 0.15) is 0 Å². The lowest BCUT2D eigenvalue weighted by atomic mass is 10.1. The van der Waals surface area contributed by atoms with Crippen LogP contribution < -0.4 is 5.32 Å². The maximum atomic E-state index is 12.4. The summed E-state index contributed by atoms with van der Waals surface area (Å²) in [5.41, 5.74) is 1.55. The van der Waals surface area contributed by atoms with Gasteiger partial charge in [-0.1, -0.05) is 6.42 Å². The van der Waals surface area contributed by atoms with Crippen molar-refractivity contribution < 1.29 is 14.6 Å². The molecule has 6 heteroatoms. The summed E-state index contributed by atoms with van der Waals surface area (Å²) in [5, 5.41) is 17.2. The fourth-order valence-electron chi connectivity index (χ4n) is 3.52. The molecule has 0 radical (unpaired) electrons. The number of nitrogens with one attached hydrogen (secondary N) is 1. The Morgan fingerprint density at radius 3 is 2.86 bits per heavy atom. The molecule has 2 aliphatic rings. The number of carbonyl (C=O) groups excluding carboxylic acids is 1. The average Bonchev–Trinajstić information content (AvgIpc) is 3.12. The maximum absolute atomic E-state index is 12.4. The monoisotopic (exact) mass is 307 g/mol. The Kier molecular flexibility index (Phi) is 4.78. The van der Waals surface area contributed by atoms with Crippen LogP contribution in [0.1, 0.15) is 54.2 Å². The van der Waals surface area contributed by atoms with E-state index in [-0.39, 0.29) is 17.9 Å². The fraction of sp³-hybridized carbons (Fsp3) is 0.750. The van der Waals surface area contributed by atoms with Gasteiger partial charge < -0.3 is 15.2 Å². The van der Waals surface area contributed by atoms with Crippen molar-refractivity contribution in [2.75, 3.05) is 19.8 Å². The molecular formula is C16H25N3O3. The first-order valence-electron chi connectivity index (χ1n) is 8.25. The molecule has 2 atom stereocenters. The molecular weight excluding hydrogens is 282 g/mol. The van der Waals surface area contributed by atoms with E-state index in [9.17, 15) is 9.90 Å². The van der Waals surface area contributed by atoms with E-state index in [1.807, 2.05) is 11.6 Å². The first kappa shape index (κ1) is 15.5. The van der Waals surface area contributed by atoms with Crippen LogP contribution in [0.3, 0.4) is 0 Å². The highest BCUT2D eigenvalue weighted by Gasteiger charge is 2.26. The third-order valence-electron chi connectivity index (χ3n) is 4.97. The second kappa shape index (κ2) is 6.79. The van der Waals surface area contributed by atoms with Crippen LogP contribution in [0, 0.1) is 12.8 Å². The molecule has 2 heterocycles. The quantitative estimate of drug-likeness (QED) is 0.882. The molecule has 1 amide bonds. The first-order chi connectivity index (χ1) is 10.7. The normalized spacial score (nSPS) is 26.3. The van der Waals surface area contributed by atoms with E-state index in [1.54, 1.807) is 6.20 Å². The third kappa shape index (κ3) is 3.17. The Morgan fingerprint density at radius 1 is 1.41 bits per heavy atom. The zero-order valence-corrected chi connectivity index (χ0v) is 13.1. The SMILES string of the molecule is Cc1c(C(=O)NCC2CCCC2O)cnn1C1CCOCC1. The molecule has 1 saturated carbocycles. The largest absolute Gasteiger partial charge is 0.393 e. The number of aromatic nitrogens is 2. The zero-order chi connectivity index (χ0) is 15.5. The highest BCUT2D eigenvalue weighted by Crippen LogP contribution is 2.25. The van der Waals surface area contributed by atoms with Crippen molar-refractivity contribution in [2.45, 2.75) is 51.2 Å². The van der Waals surface area contributed by atoms with Crippen LogP contribution in [0.2, 0.25) is 0 Å². The number of ether oxygens (including phenoxy) is 1. The Balaban J connectivity index is 1.61. The van der Waals surface area contributed by atoms with Crippen LogP contribution >= 0.6 is 0 Å². The number of carbonyl (C=O) groups is 1. The lowest BCUT2D eigenvalue weighted by Crippen LogP contribution is -2.32. The van der Waals surface area contributed by atoms with Crippen molar-refractivity contribution in [1.29, 1.82) is 0 Å². The van der Waals surface area contributed by atoms with Gasteiger partial charge in [-0.25, -0.2) is 0 Å². The Hall–Kier alpha value is -1.40. The van der Waals surface area contributed by atoms with Gasteiger partial charge in [-0.3, -0.25) is 9.48 Å². The second-order valence-electron chi connectivity index (χ2n) is 6.40. The summed E-state index contributed by atoms with van der Waals surface area (Å²) in [6, 6.07) is 0.326. The maximum Gasteiger partial charge on any atom is 0.254 e. The van der Waals surface area contributed by atoms with Crippen molar-refractivity contribution >= 4 is 5.91 Å². The third-order valence-corrected chi connectivity index (χ3v) is 4.97. The molecule has 2 N–H and O–H groups in total. The van der Waals surface area contributed by atoms with Gasteiger partial charge in [-0.2, -0.15) is 5.10 Å². The minimum absolute atomic E-state index is 0.0880. The molecule has 122 valence electrons. The van der Waals surface area contributed by atoms with Crippen LogP contribution in [-0.2, 0) is 4.74 Å². The van der Waals surface area contributed by atoms with Crippen molar-refractivity contribution in [2.24, 2.45) is 5.92 Å². The van der Waals surface area contributed by atoms with Crippen molar-refractivity contribution in [3.63, 3.8) is 0 Å². The van der Waals surface area contributed by atoms with Crippen LogP contribution in [0.5, 0.6) is 0 Å². The molecule has 22 heavy (non-hydrogen) atoms. The summed E-state index contributed by atoms with van der Waals surface area (Å²) in [4.78, 5) is 12.4. The number of hydrogen-bond acceptors (Lipinski definition) is 4. The molecule has 1 saturated heterocycles. The smallest absolute Gasteiger partial charge is 0.254 e. The van der Waals surface area contributed by atoms with Gasteiger partial charge in [0.15, 0.2) is 0 Å². The first-order valence-corrected chi connectivity index (χ1v) is 8.25. The van der Waals surface area contributed by atoms with Gasteiger partial charge in [-0.05, 0) is 32.6 Å². The van der Waals surface area contributed by atoms with E-state index < -0.39 is 0 Å². The molecule has 2 unspecified atom stereocenters. The van der Waals surface area contributed by atoms with Crippen LogP contribution in [0.4, 0.5) is 0 Å². The van der Waals surface area contributed by atoms with Crippen molar-refractivity contribution in [3.05, 3.63) is 17.5 Å². The second-order valence-corrected chi connectivity index (χ2v) is 6.40. The lowest BCUT2D eigenvalue weighted by molar-refractivity contribution is 0.0656. The molecule has 0 bridgehead atoms. The van der Waals surface area contributed by atoms with Gasteiger partial charge in [0.25, 0.3) is 5.91 Å². The topological polar surface area (TPSA) is 76.4 Å². The van der Waals surface area contributed by atoms with Crippen LogP contribution in [0.25, 0.3) is 0 Å². The van der Waals surface area contributed by atoms with Gasteiger partial charge in [-0.15, -0.1) is 0 Å². The van der Waals surface area contributed by atoms with E-state index in [0.29, 0.717) is 18.2 Å². The van der Waals surface area contributed by atoms with Gasteiger partial charge in [0, 0.05) is 31.4 Å². The summed E-state index contributed by atoms with van der Waals surface area (Å²) < 4.78 is 7.34. The fourth-order valence-corrected chi connectivity index (χ4v) is 3.52. The average molecular weight is 307 g/mol. The molecule has 1 aliphatic heterocycles. The van der Waals surface area contributed by atoms with Crippen molar-refractivity contribution in [1.82, 2.24) is 15.1 Å². The molecule has 3 rings (SSSR count). The number of amides is 1. The van der Waals surface area contributed by atoms with Crippen molar-refractivity contribution in [3.8, 4) is 0 Å². The summed E-state index contributed by atoms with van der Waals surface area (Å²) in [5.74, 6) is 0.102. The van der Waals surface area contributed by atoms with Gasteiger partial charge in [0.2, 0.25) is 0 Å². The summed E-state index contributed by atoms with van der Waals surface area (Å²) in [6.45, 7) is 4.00. The standard InChI is InChI=1S/C16H25N3O3/c1-11-14(10-18-19(11)13-5-7-22-8-6-13)16(21)17-9-12-3-2-4-15(12)20/h10,12-13,15,20H,2-9H2,1H3,(H,17,21). The summed E-state index contributed by atoms with van der Waals surface area (Å²) >= 11 is 0. The van der Waals surface area contributed by atoms with E-state index in [0.717, 1.165) is 51.0 Å². The zero-order valence-electron chi connectivity index (χ0n) is 13.1. The Labute approximate surface area is 130 Å². The van der Waals surface area contributed by atoms with E-state index in [1.165, 1.54) is 0 Å². The highest BCUT2D eigenvalue weighted by molar-refractivity contribution is 5.95. The number of aliphatic hydroxyl groups excluding tert-OH is 1. The molecule has 2 fully saturated rings. The Morgan fingerprint density at radius 2 is 2.18 bits per heavy atom. The molecule has 1 aromatic rings. The van der Waals surface area contributed by atoms with E-state index in [4.69, 9.17) is 4.74 Å². The predicted octanol–water partition coefficient (Wildman–Crippen LogP) is 1.43. The molecule has 1 aromatic heterocycles. The molecule has 1 aliphatic carbocycles. The van der Waals surface area contributed by atoms with Crippen LogP contribution in [0.15, 0.2) is 6.20 Å². The highest BCUT2D eigenvalue weighted by atomic mass is 16.5.